The van der Waals surface area contributed by atoms with Crippen LogP contribution in [-0.4, -0.2) is 74.1 Å². The van der Waals surface area contributed by atoms with Crippen LogP contribution in [0.5, 0.6) is 5.75 Å². The molecule has 23 heavy (non-hydrogen) atoms. The lowest BCUT2D eigenvalue weighted by atomic mass is 10.1. The van der Waals surface area contributed by atoms with E-state index in [4.69, 9.17) is 9.47 Å². The van der Waals surface area contributed by atoms with E-state index in [1.54, 1.807) is 7.11 Å². The number of benzene rings is 1. The average Bonchev–Trinajstić information content (AvgIpc) is 2.60. The fraction of sp³-hybridized carbons (Fsp3) is 0.667. The minimum Gasteiger partial charge on any atom is -0.497 e. The molecule has 1 aromatic rings. The number of aliphatic hydroxyl groups excluding tert-OH is 1. The molecule has 0 aromatic heterocycles. The van der Waals surface area contributed by atoms with Crippen LogP contribution in [-0.2, 0) is 4.74 Å². The van der Waals surface area contributed by atoms with Crippen molar-refractivity contribution >= 4 is 0 Å². The molecule has 0 saturated carbocycles. The summed E-state index contributed by atoms with van der Waals surface area (Å²) in [5.74, 6) is 0.874. The largest absolute Gasteiger partial charge is 0.497 e. The molecule has 0 spiro atoms. The predicted molar refractivity (Wildman–Crippen MR) is 91.9 cm³/mol. The molecule has 2 unspecified atom stereocenters. The van der Waals surface area contributed by atoms with Crippen molar-refractivity contribution in [1.82, 2.24) is 9.80 Å². The van der Waals surface area contributed by atoms with Crippen molar-refractivity contribution in [2.75, 3.05) is 53.0 Å². The Morgan fingerprint density at radius 1 is 1.35 bits per heavy atom. The van der Waals surface area contributed by atoms with Crippen LogP contribution in [0.4, 0.5) is 0 Å². The summed E-state index contributed by atoms with van der Waals surface area (Å²) in [7, 11) is 1.69. The lowest BCUT2D eigenvalue weighted by molar-refractivity contribution is 0.00413. The van der Waals surface area contributed by atoms with Crippen LogP contribution in [0.15, 0.2) is 24.3 Å². The number of rotatable bonds is 8. The van der Waals surface area contributed by atoms with Gasteiger partial charge < -0.3 is 14.6 Å². The van der Waals surface area contributed by atoms with E-state index < -0.39 is 0 Å². The molecule has 2 atom stereocenters. The molecule has 1 N–H and O–H groups in total. The van der Waals surface area contributed by atoms with Crippen LogP contribution in [0.2, 0.25) is 0 Å². The third-order valence-electron chi connectivity index (χ3n) is 4.55. The summed E-state index contributed by atoms with van der Waals surface area (Å²) in [6.07, 6.45) is -0.346. The Morgan fingerprint density at radius 2 is 2.09 bits per heavy atom. The van der Waals surface area contributed by atoms with E-state index in [1.165, 1.54) is 5.56 Å². The average molecular weight is 322 g/mol. The molecule has 0 radical (unpaired) electrons. The maximum Gasteiger partial charge on any atom is 0.119 e. The maximum absolute atomic E-state index is 10.5. The zero-order valence-corrected chi connectivity index (χ0v) is 14.6. The second kappa shape index (κ2) is 9.23. The quantitative estimate of drug-likeness (QED) is 0.790. The highest BCUT2D eigenvalue weighted by Gasteiger charge is 2.20. The molecule has 1 aromatic carbocycles. The first-order valence-electron chi connectivity index (χ1n) is 8.50. The number of hydrogen-bond donors (Lipinski definition) is 1. The second-order valence-electron chi connectivity index (χ2n) is 6.11. The Labute approximate surface area is 139 Å². The zero-order chi connectivity index (χ0) is 16.7. The summed E-state index contributed by atoms with van der Waals surface area (Å²) >= 11 is 0. The highest BCUT2D eigenvalue weighted by molar-refractivity contribution is 5.30. The van der Waals surface area contributed by atoms with Gasteiger partial charge in [-0.15, -0.1) is 0 Å². The predicted octanol–water partition coefficient (Wildman–Crippen LogP) is 1.77. The van der Waals surface area contributed by atoms with Crippen molar-refractivity contribution in [3.8, 4) is 5.75 Å². The van der Waals surface area contributed by atoms with Gasteiger partial charge in [-0.05, 0) is 31.2 Å². The van der Waals surface area contributed by atoms with E-state index >= 15 is 0 Å². The highest BCUT2D eigenvalue weighted by Crippen LogP contribution is 2.24. The van der Waals surface area contributed by atoms with Gasteiger partial charge in [0.05, 0.1) is 26.4 Å². The van der Waals surface area contributed by atoms with E-state index in [-0.39, 0.29) is 12.1 Å². The molecule has 1 fully saturated rings. The fourth-order valence-corrected chi connectivity index (χ4v) is 3.08. The highest BCUT2D eigenvalue weighted by atomic mass is 16.5. The molecule has 2 rings (SSSR count). The van der Waals surface area contributed by atoms with E-state index in [0.717, 1.165) is 38.6 Å². The molecule has 130 valence electrons. The van der Waals surface area contributed by atoms with Gasteiger partial charge in [0.25, 0.3) is 0 Å². The Balaban J connectivity index is 1.91. The van der Waals surface area contributed by atoms with Crippen LogP contribution >= 0.6 is 0 Å². The number of morpholine rings is 1. The molecule has 0 bridgehead atoms. The monoisotopic (exact) mass is 322 g/mol. The van der Waals surface area contributed by atoms with Crippen LogP contribution < -0.4 is 4.74 Å². The number of likely N-dealkylation sites (N-methyl/N-ethyl adjacent to an activating group) is 1. The van der Waals surface area contributed by atoms with Crippen molar-refractivity contribution in [2.24, 2.45) is 0 Å². The number of nitrogens with zero attached hydrogens (tertiary/aromatic N) is 2. The topological polar surface area (TPSA) is 45.2 Å². The van der Waals surface area contributed by atoms with Gasteiger partial charge in [0.2, 0.25) is 0 Å². The van der Waals surface area contributed by atoms with Crippen molar-refractivity contribution in [3.05, 3.63) is 29.8 Å². The van der Waals surface area contributed by atoms with Gasteiger partial charge in [0.15, 0.2) is 0 Å². The second-order valence-corrected chi connectivity index (χ2v) is 6.11. The molecule has 1 aliphatic rings. The summed E-state index contributed by atoms with van der Waals surface area (Å²) in [6, 6.07) is 8.41. The normalized spacial score (nSPS) is 18.8. The minimum atomic E-state index is -0.346. The Bertz CT molecular complexity index is 463. The first-order valence-corrected chi connectivity index (χ1v) is 8.50. The summed E-state index contributed by atoms with van der Waals surface area (Å²) in [5, 5.41) is 10.5. The van der Waals surface area contributed by atoms with Gasteiger partial charge in [-0.1, -0.05) is 19.1 Å². The number of aliphatic hydroxyl groups is 1. The van der Waals surface area contributed by atoms with Crippen LogP contribution in [0, 0.1) is 0 Å². The number of ether oxygens (including phenoxy) is 2. The molecular formula is C18H30N2O3. The molecule has 0 amide bonds. The van der Waals surface area contributed by atoms with Crippen molar-refractivity contribution < 1.29 is 14.6 Å². The summed E-state index contributed by atoms with van der Waals surface area (Å²) in [6.45, 7) is 9.96. The number of β-amino-alcohol motifs (C(OH)–C–C–N with tert-alkyl or cyclic N) is 1. The summed E-state index contributed by atoms with van der Waals surface area (Å²) in [4.78, 5) is 4.58. The van der Waals surface area contributed by atoms with Crippen LogP contribution in [0.25, 0.3) is 0 Å². The number of hydrogen-bond acceptors (Lipinski definition) is 5. The molecule has 1 heterocycles. The van der Waals surface area contributed by atoms with Gasteiger partial charge >= 0.3 is 0 Å². The van der Waals surface area contributed by atoms with Crippen molar-refractivity contribution in [1.29, 1.82) is 0 Å². The number of methoxy groups -OCH3 is 1. The third-order valence-corrected chi connectivity index (χ3v) is 4.55. The summed E-state index contributed by atoms with van der Waals surface area (Å²) < 4.78 is 10.7. The van der Waals surface area contributed by atoms with Gasteiger partial charge in [0, 0.05) is 32.2 Å². The first-order chi connectivity index (χ1) is 11.1. The Hall–Kier alpha value is -1.14. The molecule has 0 aliphatic carbocycles. The maximum atomic E-state index is 10.5. The zero-order valence-electron chi connectivity index (χ0n) is 14.6. The third kappa shape index (κ3) is 5.46. The van der Waals surface area contributed by atoms with Gasteiger partial charge in [-0.25, -0.2) is 0 Å². The van der Waals surface area contributed by atoms with Crippen LogP contribution in [0.1, 0.15) is 25.5 Å². The van der Waals surface area contributed by atoms with Gasteiger partial charge in [-0.3, -0.25) is 9.80 Å². The minimum absolute atomic E-state index is 0.245. The van der Waals surface area contributed by atoms with Crippen LogP contribution in [0.3, 0.4) is 0 Å². The van der Waals surface area contributed by atoms with E-state index in [9.17, 15) is 5.11 Å². The first kappa shape index (κ1) is 18.2. The summed E-state index contributed by atoms with van der Waals surface area (Å²) in [5.41, 5.74) is 1.21. The smallest absolute Gasteiger partial charge is 0.119 e. The molecule has 5 nitrogen and oxygen atoms in total. The molecule has 1 saturated heterocycles. The Kier molecular flexibility index (Phi) is 7.30. The van der Waals surface area contributed by atoms with E-state index in [1.807, 2.05) is 12.1 Å². The standard InChI is InChI=1S/C18H30N2O3/c1-4-20(14-17(21)13-19-8-10-23-11-9-19)15(2)16-6-5-7-18(12-16)22-3/h5-7,12,15,17,21H,4,8-11,13-14H2,1-3H3. The SMILES string of the molecule is CCN(CC(O)CN1CCOCC1)C(C)c1cccc(OC)c1. The Morgan fingerprint density at radius 3 is 2.74 bits per heavy atom. The van der Waals surface area contributed by atoms with Crippen molar-refractivity contribution in [2.45, 2.75) is 26.0 Å². The van der Waals surface area contributed by atoms with Gasteiger partial charge in [-0.2, -0.15) is 0 Å². The molecule has 1 aliphatic heterocycles. The fourth-order valence-electron chi connectivity index (χ4n) is 3.08. The lowest BCUT2D eigenvalue weighted by Crippen LogP contribution is -2.45. The van der Waals surface area contributed by atoms with E-state index in [0.29, 0.717) is 13.1 Å². The van der Waals surface area contributed by atoms with Gasteiger partial charge in [0.1, 0.15) is 5.75 Å². The molecule has 5 heteroatoms. The van der Waals surface area contributed by atoms with E-state index in [2.05, 4.69) is 35.8 Å². The molecular weight excluding hydrogens is 292 g/mol. The lowest BCUT2D eigenvalue weighted by Gasteiger charge is -2.33. The van der Waals surface area contributed by atoms with Crippen molar-refractivity contribution in [3.63, 3.8) is 0 Å².